The second kappa shape index (κ2) is 7.16. The first-order valence-electron chi connectivity index (χ1n) is 7.89. The minimum atomic E-state index is -0.616. The number of nitro groups is 1. The first kappa shape index (κ1) is 18.5. The third kappa shape index (κ3) is 3.51. The molecule has 0 aliphatic heterocycles. The van der Waals surface area contributed by atoms with Crippen LogP contribution in [0.2, 0.25) is 0 Å². The molecular weight excluding hydrogens is 372 g/mol. The number of amides is 1. The van der Waals surface area contributed by atoms with E-state index in [0.29, 0.717) is 16.0 Å². The van der Waals surface area contributed by atoms with Gasteiger partial charge in [-0.2, -0.15) is 0 Å². The number of fused-ring (bicyclic) bond motifs is 1. The molecule has 0 saturated heterocycles. The zero-order chi connectivity index (χ0) is 19.7. The van der Waals surface area contributed by atoms with Crippen LogP contribution in [0.4, 0.5) is 11.4 Å². The van der Waals surface area contributed by atoms with Crippen molar-refractivity contribution in [1.82, 2.24) is 9.55 Å². The van der Waals surface area contributed by atoms with E-state index in [1.165, 1.54) is 47.5 Å². The fourth-order valence-corrected chi connectivity index (χ4v) is 3.61. The van der Waals surface area contributed by atoms with E-state index in [1.807, 2.05) is 13.8 Å². The second-order valence-electron chi connectivity index (χ2n) is 5.83. The van der Waals surface area contributed by atoms with Crippen molar-refractivity contribution in [2.45, 2.75) is 20.4 Å². The number of methoxy groups -OCH3 is 1. The molecule has 27 heavy (non-hydrogen) atoms. The number of nitro benzene ring substituents is 1. The van der Waals surface area contributed by atoms with Crippen molar-refractivity contribution >= 4 is 38.8 Å². The lowest BCUT2D eigenvalue weighted by Crippen LogP contribution is -2.28. The van der Waals surface area contributed by atoms with Crippen LogP contribution in [0.3, 0.4) is 0 Å². The van der Waals surface area contributed by atoms with Crippen molar-refractivity contribution in [2.75, 3.05) is 12.4 Å². The zero-order valence-electron chi connectivity index (χ0n) is 14.8. The highest BCUT2D eigenvalue weighted by atomic mass is 32.1. The standard InChI is InChI=1S/C17H16N4O5S/c1-9-10(2)27-16-15(9)17(23)20(8-18-16)7-14(22)19-12-5-4-11(26-3)6-13(12)21(24)25/h4-6,8H,7H2,1-3H3,(H,19,22). The van der Waals surface area contributed by atoms with E-state index in [-0.39, 0.29) is 23.5 Å². The Morgan fingerprint density at radius 2 is 2.15 bits per heavy atom. The molecule has 1 amide bonds. The van der Waals surface area contributed by atoms with Gasteiger partial charge in [0, 0.05) is 4.88 Å². The first-order valence-corrected chi connectivity index (χ1v) is 8.71. The summed E-state index contributed by atoms with van der Waals surface area (Å²) < 4.78 is 6.15. The van der Waals surface area contributed by atoms with E-state index in [4.69, 9.17) is 4.74 Å². The smallest absolute Gasteiger partial charge is 0.296 e. The summed E-state index contributed by atoms with van der Waals surface area (Å²) in [5.41, 5.74) is 0.248. The van der Waals surface area contributed by atoms with E-state index in [9.17, 15) is 19.7 Å². The van der Waals surface area contributed by atoms with Gasteiger partial charge in [-0.05, 0) is 31.5 Å². The van der Waals surface area contributed by atoms with Crippen LogP contribution in [-0.2, 0) is 11.3 Å². The predicted molar refractivity (Wildman–Crippen MR) is 102 cm³/mol. The van der Waals surface area contributed by atoms with Gasteiger partial charge < -0.3 is 10.1 Å². The number of ether oxygens (including phenoxy) is 1. The summed E-state index contributed by atoms with van der Waals surface area (Å²) in [5.74, 6) is -0.273. The molecule has 2 heterocycles. The molecule has 0 spiro atoms. The number of anilines is 1. The second-order valence-corrected chi connectivity index (χ2v) is 7.03. The zero-order valence-corrected chi connectivity index (χ0v) is 15.6. The van der Waals surface area contributed by atoms with Crippen molar-refractivity contribution < 1.29 is 14.5 Å². The van der Waals surface area contributed by atoms with Crippen LogP contribution in [0.15, 0.2) is 29.3 Å². The van der Waals surface area contributed by atoms with Crippen LogP contribution in [-0.4, -0.2) is 27.5 Å². The monoisotopic (exact) mass is 388 g/mol. The van der Waals surface area contributed by atoms with Gasteiger partial charge in [-0.1, -0.05) is 0 Å². The number of carbonyl (C=O) groups is 1. The Balaban J connectivity index is 1.88. The van der Waals surface area contributed by atoms with Crippen molar-refractivity contribution in [3.05, 3.63) is 55.4 Å². The average Bonchev–Trinajstić information content (AvgIpc) is 2.92. The molecular formula is C17H16N4O5S. The number of benzene rings is 1. The number of carbonyl (C=O) groups excluding carboxylic acids is 1. The van der Waals surface area contributed by atoms with Gasteiger partial charge in [-0.3, -0.25) is 24.3 Å². The van der Waals surface area contributed by atoms with Crippen LogP contribution >= 0.6 is 11.3 Å². The van der Waals surface area contributed by atoms with E-state index in [2.05, 4.69) is 10.3 Å². The van der Waals surface area contributed by atoms with Gasteiger partial charge in [0.15, 0.2) is 0 Å². The lowest BCUT2D eigenvalue weighted by atomic mass is 10.2. The molecule has 1 aromatic carbocycles. The molecule has 9 nitrogen and oxygen atoms in total. The third-order valence-electron chi connectivity index (χ3n) is 4.15. The van der Waals surface area contributed by atoms with Crippen molar-refractivity contribution in [3.8, 4) is 5.75 Å². The Bertz CT molecular complexity index is 1120. The molecule has 0 fully saturated rings. The summed E-state index contributed by atoms with van der Waals surface area (Å²) >= 11 is 1.42. The number of hydrogen-bond donors (Lipinski definition) is 1. The van der Waals surface area contributed by atoms with Crippen LogP contribution in [0.1, 0.15) is 10.4 Å². The fraction of sp³-hybridized carbons (Fsp3) is 0.235. The van der Waals surface area contributed by atoms with E-state index >= 15 is 0 Å². The SMILES string of the molecule is COc1ccc(NC(=O)Cn2cnc3sc(C)c(C)c3c2=O)c([N+](=O)[O-])c1. The van der Waals surface area contributed by atoms with Gasteiger partial charge in [0.05, 0.1) is 29.8 Å². The van der Waals surface area contributed by atoms with Gasteiger partial charge in [0.1, 0.15) is 22.8 Å². The molecule has 140 valence electrons. The molecule has 0 unspecified atom stereocenters. The summed E-state index contributed by atoms with van der Waals surface area (Å²) in [6.45, 7) is 3.43. The topological polar surface area (TPSA) is 116 Å². The fourth-order valence-electron chi connectivity index (χ4n) is 2.62. The van der Waals surface area contributed by atoms with Gasteiger partial charge >= 0.3 is 0 Å². The van der Waals surface area contributed by atoms with Crippen molar-refractivity contribution in [3.63, 3.8) is 0 Å². The van der Waals surface area contributed by atoms with Crippen LogP contribution in [0.5, 0.6) is 5.75 Å². The van der Waals surface area contributed by atoms with Crippen LogP contribution in [0.25, 0.3) is 10.2 Å². The van der Waals surface area contributed by atoms with Gasteiger partial charge in [0.25, 0.3) is 11.2 Å². The predicted octanol–water partition coefficient (Wildman–Crippen LogP) is 2.63. The first-order chi connectivity index (χ1) is 12.8. The van der Waals surface area contributed by atoms with E-state index in [0.717, 1.165) is 10.4 Å². The van der Waals surface area contributed by atoms with Crippen LogP contribution < -0.4 is 15.6 Å². The Kier molecular flexibility index (Phi) is 4.91. The highest BCUT2D eigenvalue weighted by Crippen LogP contribution is 2.29. The summed E-state index contributed by atoms with van der Waals surface area (Å²) in [4.78, 5) is 41.4. The molecule has 10 heteroatoms. The molecule has 0 atom stereocenters. The summed E-state index contributed by atoms with van der Waals surface area (Å²) in [5, 5.41) is 14.2. The van der Waals surface area contributed by atoms with Crippen molar-refractivity contribution in [2.24, 2.45) is 0 Å². The molecule has 0 bridgehead atoms. The molecule has 0 aliphatic rings. The third-order valence-corrected chi connectivity index (χ3v) is 5.26. The average molecular weight is 388 g/mol. The summed E-state index contributed by atoms with van der Waals surface area (Å²) in [7, 11) is 1.39. The summed E-state index contributed by atoms with van der Waals surface area (Å²) in [6.07, 6.45) is 1.31. The minimum Gasteiger partial charge on any atom is -0.496 e. The Morgan fingerprint density at radius 1 is 1.41 bits per heavy atom. The number of aryl methyl sites for hydroxylation is 2. The molecule has 3 aromatic rings. The lowest BCUT2D eigenvalue weighted by molar-refractivity contribution is -0.384. The summed E-state index contributed by atoms with van der Waals surface area (Å²) in [6, 6.07) is 4.10. The number of nitrogens with one attached hydrogen (secondary N) is 1. The highest BCUT2D eigenvalue weighted by Gasteiger charge is 2.18. The number of hydrogen-bond acceptors (Lipinski definition) is 7. The maximum Gasteiger partial charge on any atom is 0.296 e. The van der Waals surface area contributed by atoms with Gasteiger partial charge in [-0.25, -0.2) is 4.98 Å². The van der Waals surface area contributed by atoms with Crippen LogP contribution in [0, 0.1) is 24.0 Å². The van der Waals surface area contributed by atoms with Gasteiger partial charge in [-0.15, -0.1) is 11.3 Å². The Labute approximate surface area is 157 Å². The number of thiophene rings is 1. The van der Waals surface area contributed by atoms with Crippen molar-refractivity contribution in [1.29, 1.82) is 0 Å². The lowest BCUT2D eigenvalue weighted by Gasteiger charge is -2.09. The number of aromatic nitrogens is 2. The molecule has 1 N–H and O–H groups in total. The van der Waals surface area contributed by atoms with E-state index in [1.54, 1.807) is 0 Å². The number of rotatable bonds is 5. The number of nitrogens with zero attached hydrogens (tertiary/aromatic N) is 3. The minimum absolute atomic E-state index is 0.0236. The maximum absolute atomic E-state index is 12.6. The molecule has 0 saturated carbocycles. The van der Waals surface area contributed by atoms with Gasteiger partial charge in [0.2, 0.25) is 5.91 Å². The Morgan fingerprint density at radius 3 is 2.81 bits per heavy atom. The largest absolute Gasteiger partial charge is 0.496 e. The molecule has 0 radical (unpaired) electrons. The highest BCUT2D eigenvalue weighted by molar-refractivity contribution is 7.18. The Hall–Kier alpha value is -3.27. The maximum atomic E-state index is 12.6. The molecule has 3 rings (SSSR count). The molecule has 2 aromatic heterocycles. The van der Waals surface area contributed by atoms with E-state index < -0.39 is 10.8 Å². The quantitative estimate of drug-likeness (QED) is 0.530. The molecule has 0 aliphatic carbocycles. The normalized spacial score (nSPS) is 10.8.